The molecular formula is C12H19N3O3. The molecule has 1 aromatic rings. The van der Waals surface area contributed by atoms with Gasteiger partial charge in [0.2, 0.25) is 0 Å². The second-order valence-electron chi connectivity index (χ2n) is 5.52. The number of likely N-dealkylation sites (N-methyl/N-ethyl adjacent to an activating group) is 1. The number of hydrogen-bond donors (Lipinski definition) is 0. The summed E-state index contributed by atoms with van der Waals surface area (Å²) in [6, 6.07) is 1.67. The summed E-state index contributed by atoms with van der Waals surface area (Å²) >= 11 is 0. The Morgan fingerprint density at radius 1 is 1.50 bits per heavy atom. The molecule has 0 spiro atoms. The monoisotopic (exact) mass is 253 g/mol. The van der Waals surface area contributed by atoms with Gasteiger partial charge >= 0.3 is 6.03 Å². The van der Waals surface area contributed by atoms with Crippen LogP contribution in [0.25, 0.3) is 0 Å². The van der Waals surface area contributed by atoms with Crippen LogP contribution in [0.3, 0.4) is 0 Å². The summed E-state index contributed by atoms with van der Waals surface area (Å²) in [6.07, 6.45) is -0.319. The van der Waals surface area contributed by atoms with Gasteiger partial charge < -0.3 is 14.2 Å². The molecule has 0 bridgehead atoms. The number of urea groups is 1. The summed E-state index contributed by atoms with van der Waals surface area (Å²) in [5.41, 5.74) is -0.136. The SMILES string of the molecule is COC1CN(C)C(=O)N1c1cc(C(C)(C)C)on1. The van der Waals surface area contributed by atoms with Gasteiger partial charge in [0.05, 0.1) is 6.54 Å². The number of hydrogen-bond acceptors (Lipinski definition) is 4. The van der Waals surface area contributed by atoms with Crippen LogP contribution in [0.2, 0.25) is 0 Å². The maximum absolute atomic E-state index is 12.0. The molecule has 18 heavy (non-hydrogen) atoms. The van der Waals surface area contributed by atoms with Crippen LogP contribution in [0.15, 0.2) is 10.6 Å². The fourth-order valence-corrected chi connectivity index (χ4v) is 1.86. The molecule has 1 unspecified atom stereocenters. The van der Waals surface area contributed by atoms with Crippen molar-refractivity contribution in [2.45, 2.75) is 32.4 Å². The van der Waals surface area contributed by atoms with Gasteiger partial charge in [-0.05, 0) is 0 Å². The average Bonchev–Trinajstić information content (AvgIpc) is 2.84. The van der Waals surface area contributed by atoms with Gasteiger partial charge in [-0.1, -0.05) is 25.9 Å². The summed E-state index contributed by atoms with van der Waals surface area (Å²) < 4.78 is 10.6. The van der Waals surface area contributed by atoms with Crippen molar-refractivity contribution in [2.75, 3.05) is 25.6 Å². The Bertz CT molecular complexity index is 450. The first kappa shape index (κ1) is 12.9. The van der Waals surface area contributed by atoms with Crippen molar-refractivity contribution in [1.29, 1.82) is 0 Å². The van der Waals surface area contributed by atoms with Crippen LogP contribution in [0.1, 0.15) is 26.5 Å². The van der Waals surface area contributed by atoms with Crippen molar-refractivity contribution in [3.05, 3.63) is 11.8 Å². The Balaban J connectivity index is 2.30. The highest BCUT2D eigenvalue weighted by atomic mass is 16.5. The van der Waals surface area contributed by atoms with Crippen LogP contribution in [0.4, 0.5) is 10.6 Å². The summed E-state index contributed by atoms with van der Waals surface area (Å²) in [5.74, 6) is 1.25. The molecule has 6 nitrogen and oxygen atoms in total. The molecule has 2 amide bonds. The van der Waals surface area contributed by atoms with Crippen LogP contribution in [-0.2, 0) is 10.2 Å². The summed E-state index contributed by atoms with van der Waals surface area (Å²) in [7, 11) is 3.31. The van der Waals surface area contributed by atoms with Gasteiger partial charge in [-0.2, -0.15) is 0 Å². The van der Waals surface area contributed by atoms with Crippen LogP contribution in [-0.4, -0.2) is 43.0 Å². The maximum atomic E-state index is 12.0. The van der Waals surface area contributed by atoms with Crippen molar-refractivity contribution in [3.8, 4) is 0 Å². The van der Waals surface area contributed by atoms with Crippen LogP contribution in [0.5, 0.6) is 0 Å². The van der Waals surface area contributed by atoms with E-state index in [1.54, 1.807) is 25.1 Å². The molecule has 1 atom stereocenters. The maximum Gasteiger partial charge on any atom is 0.327 e. The smallest absolute Gasteiger partial charge is 0.327 e. The molecule has 1 fully saturated rings. The fourth-order valence-electron chi connectivity index (χ4n) is 1.86. The van der Waals surface area contributed by atoms with Gasteiger partial charge in [-0.25, -0.2) is 9.69 Å². The summed E-state index contributed by atoms with van der Waals surface area (Å²) in [5, 5.41) is 3.97. The van der Waals surface area contributed by atoms with E-state index in [9.17, 15) is 4.79 Å². The average molecular weight is 253 g/mol. The third-order valence-corrected chi connectivity index (χ3v) is 3.01. The quantitative estimate of drug-likeness (QED) is 0.806. The molecular weight excluding hydrogens is 234 g/mol. The molecule has 0 N–H and O–H groups in total. The van der Waals surface area contributed by atoms with Crippen molar-refractivity contribution >= 4 is 11.8 Å². The van der Waals surface area contributed by atoms with Crippen molar-refractivity contribution in [3.63, 3.8) is 0 Å². The fraction of sp³-hybridized carbons (Fsp3) is 0.667. The molecule has 2 rings (SSSR count). The van der Waals surface area contributed by atoms with Crippen molar-refractivity contribution in [2.24, 2.45) is 0 Å². The molecule has 1 saturated heterocycles. The van der Waals surface area contributed by atoms with E-state index in [-0.39, 0.29) is 17.7 Å². The highest BCUT2D eigenvalue weighted by Gasteiger charge is 2.38. The molecule has 1 aromatic heterocycles. The van der Waals surface area contributed by atoms with Crippen LogP contribution >= 0.6 is 0 Å². The summed E-state index contributed by atoms with van der Waals surface area (Å²) in [6.45, 7) is 6.61. The predicted octanol–water partition coefficient (Wildman–Crippen LogP) is 1.82. The molecule has 0 saturated carbocycles. The lowest BCUT2D eigenvalue weighted by atomic mass is 9.93. The van der Waals surface area contributed by atoms with Crippen molar-refractivity contribution < 1.29 is 14.1 Å². The molecule has 100 valence electrons. The van der Waals surface area contributed by atoms with Gasteiger partial charge in [0, 0.05) is 25.6 Å². The lowest BCUT2D eigenvalue weighted by molar-refractivity contribution is 0.111. The molecule has 0 radical (unpaired) electrons. The van der Waals surface area contributed by atoms with E-state index in [1.165, 1.54) is 4.90 Å². The van der Waals surface area contributed by atoms with E-state index >= 15 is 0 Å². The second kappa shape index (κ2) is 4.28. The van der Waals surface area contributed by atoms with Gasteiger partial charge in [-0.3, -0.25) is 0 Å². The third-order valence-electron chi connectivity index (χ3n) is 3.01. The number of carbonyl (C=O) groups excluding carboxylic acids is 1. The lowest BCUT2D eigenvalue weighted by Crippen LogP contribution is -2.35. The normalized spacial score (nSPS) is 20.9. The highest BCUT2D eigenvalue weighted by molar-refractivity contribution is 5.93. The zero-order valence-corrected chi connectivity index (χ0v) is 11.4. The Hall–Kier alpha value is -1.56. The van der Waals surface area contributed by atoms with Gasteiger partial charge in [0.15, 0.2) is 12.0 Å². The van der Waals surface area contributed by atoms with E-state index in [0.717, 1.165) is 5.76 Å². The number of rotatable bonds is 2. The zero-order valence-electron chi connectivity index (χ0n) is 11.4. The Morgan fingerprint density at radius 3 is 2.67 bits per heavy atom. The van der Waals surface area contributed by atoms with E-state index in [1.807, 2.05) is 20.8 Å². The lowest BCUT2D eigenvalue weighted by Gasteiger charge is -2.18. The summed E-state index contributed by atoms with van der Waals surface area (Å²) in [4.78, 5) is 15.1. The largest absolute Gasteiger partial charge is 0.359 e. The molecule has 1 aliphatic heterocycles. The van der Waals surface area contributed by atoms with Crippen molar-refractivity contribution in [1.82, 2.24) is 10.1 Å². The molecule has 6 heteroatoms. The second-order valence-corrected chi connectivity index (χ2v) is 5.52. The minimum atomic E-state index is -0.319. The zero-order chi connectivity index (χ0) is 13.5. The first-order valence-corrected chi connectivity index (χ1v) is 5.89. The molecule has 0 aliphatic carbocycles. The van der Waals surface area contributed by atoms with Crippen LogP contribution in [0, 0.1) is 0 Å². The van der Waals surface area contributed by atoms with E-state index in [0.29, 0.717) is 12.4 Å². The standard InChI is InChI=1S/C12H19N3O3/c1-12(2,3)8-6-9(13-18-8)15-10(17-5)7-14(4)11(15)16/h6,10H,7H2,1-5H3. The Kier molecular flexibility index (Phi) is 3.06. The number of aromatic nitrogens is 1. The number of carbonyl (C=O) groups is 1. The predicted molar refractivity (Wildman–Crippen MR) is 66.5 cm³/mol. The van der Waals surface area contributed by atoms with Gasteiger partial charge in [0.1, 0.15) is 5.76 Å². The minimum absolute atomic E-state index is 0.129. The van der Waals surface area contributed by atoms with E-state index < -0.39 is 0 Å². The number of anilines is 1. The number of nitrogens with zero attached hydrogens (tertiary/aromatic N) is 3. The third kappa shape index (κ3) is 2.08. The molecule has 2 heterocycles. The minimum Gasteiger partial charge on any atom is -0.359 e. The van der Waals surface area contributed by atoms with Crippen LogP contribution < -0.4 is 4.90 Å². The Morgan fingerprint density at radius 2 is 2.17 bits per heavy atom. The first-order valence-electron chi connectivity index (χ1n) is 5.89. The molecule has 1 aliphatic rings. The number of methoxy groups -OCH3 is 1. The Labute approximate surface area is 106 Å². The highest BCUT2D eigenvalue weighted by Crippen LogP contribution is 2.29. The topological polar surface area (TPSA) is 58.8 Å². The number of ether oxygens (including phenoxy) is 1. The van der Waals surface area contributed by atoms with Gasteiger partial charge in [0.25, 0.3) is 0 Å². The molecule has 0 aromatic carbocycles. The van der Waals surface area contributed by atoms with E-state index in [2.05, 4.69) is 5.16 Å². The van der Waals surface area contributed by atoms with Gasteiger partial charge in [-0.15, -0.1) is 0 Å². The first-order chi connectivity index (χ1) is 8.34. The van der Waals surface area contributed by atoms with E-state index in [4.69, 9.17) is 9.26 Å². The number of amides is 2.